The van der Waals surface area contributed by atoms with E-state index in [1.807, 2.05) is 16.7 Å². The molecule has 6 nitrogen and oxygen atoms in total. The number of nitrogens with zero attached hydrogens (tertiary/aromatic N) is 2. The van der Waals surface area contributed by atoms with Gasteiger partial charge in [-0.25, -0.2) is 0 Å². The first kappa shape index (κ1) is 21.2. The molecule has 3 heterocycles. The van der Waals surface area contributed by atoms with Gasteiger partial charge in [0.05, 0.1) is 17.9 Å². The monoisotopic (exact) mass is 463 g/mol. The number of thiocarbonyl (C=S) groups is 1. The molecule has 0 saturated carbocycles. The quantitative estimate of drug-likeness (QED) is 0.699. The van der Waals surface area contributed by atoms with Gasteiger partial charge in [-0.2, -0.15) is 0 Å². The van der Waals surface area contributed by atoms with Crippen LogP contribution in [0, 0.1) is 5.92 Å². The second kappa shape index (κ2) is 8.99. The molecule has 0 unspecified atom stereocenters. The molecule has 1 aromatic carbocycles. The zero-order chi connectivity index (χ0) is 21.3. The van der Waals surface area contributed by atoms with Crippen LogP contribution < -0.4 is 15.6 Å². The fourth-order valence-corrected chi connectivity index (χ4v) is 5.45. The molecule has 158 valence electrons. The zero-order valence-corrected chi connectivity index (χ0v) is 18.9. The number of carbonyl (C=O) groups excluding carboxylic acids is 1. The van der Waals surface area contributed by atoms with E-state index in [1.165, 1.54) is 11.8 Å². The Morgan fingerprint density at radius 2 is 2.13 bits per heavy atom. The van der Waals surface area contributed by atoms with Crippen LogP contribution in [-0.2, 0) is 11.3 Å². The third kappa shape index (κ3) is 4.50. The standard InChI is InChI=1S/C21H22ClN3O3S2/c1-28-18-6-5-15(8-16(18)22)23-19(26)12-30-21(29)24-9-13-7-14(11-24)17-3-2-4-20(27)25(17)10-13/h2-6,8,13-14H,7,9-12H2,1H3,(H,23,26)/t13-,14+/m0/s1. The number of fused-ring (bicyclic) bond motifs is 4. The molecule has 1 N–H and O–H groups in total. The fraction of sp³-hybridized carbons (Fsp3) is 0.381. The molecule has 9 heteroatoms. The van der Waals surface area contributed by atoms with Gasteiger partial charge in [-0.3, -0.25) is 9.59 Å². The summed E-state index contributed by atoms with van der Waals surface area (Å²) in [5.41, 5.74) is 1.78. The van der Waals surface area contributed by atoms with Crippen molar-refractivity contribution >= 4 is 51.5 Å². The van der Waals surface area contributed by atoms with Gasteiger partial charge >= 0.3 is 0 Å². The number of likely N-dealkylation sites (tertiary alicyclic amines) is 1. The number of carbonyl (C=O) groups is 1. The molecule has 30 heavy (non-hydrogen) atoms. The summed E-state index contributed by atoms with van der Waals surface area (Å²) in [6.45, 7) is 2.33. The highest BCUT2D eigenvalue weighted by Crippen LogP contribution is 2.36. The molecular weight excluding hydrogens is 442 g/mol. The highest BCUT2D eigenvalue weighted by molar-refractivity contribution is 8.23. The largest absolute Gasteiger partial charge is 0.495 e. The topological polar surface area (TPSA) is 63.6 Å². The number of ether oxygens (including phenoxy) is 1. The van der Waals surface area contributed by atoms with Crippen LogP contribution in [0.1, 0.15) is 18.0 Å². The Bertz CT molecular complexity index is 1040. The smallest absolute Gasteiger partial charge is 0.250 e. The fourth-order valence-electron chi connectivity index (χ4n) is 4.21. The number of rotatable bonds is 4. The van der Waals surface area contributed by atoms with Crippen LogP contribution in [0.4, 0.5) is 5.69 Å². The molecule has 2 aromatic rings. The van der Waals surface area contributed by atoms with Crippen molar-refractivity contribution in [2.24, 2.45) is 5.92 Å². The number of hydrogen-bond donors (Lipinski definition) is 1. The van der Waals surface area contributed by atoms with E-state index in [4.69, 9.17) is 28.6 Å². The van der Waals surface area contributed by atoms with Crippen molar-refractivity contribution in [3.05, 3.63) is 57.5 Å². The molecule has 0 aliphatic carbocycles. The number of piperidine rings is 1. The lowest BCUT2D eigenvalue weighted by Crippen LogP contribution is -2.48. The van der Waals surface area contributed by atoms with Crippen LogP contribution in [0.5, 0.6) is 5.75 Å². The predicted molar refractivity (Wildman–Crippen MR) is 125 cm³/mol. The molecule has 2 atom stereocenters. The van der Waals surface area contributed by atoms with Crippen molar-refractivity contribution in [2.45, 2.75) is 18.9 Å². The van der Waals surface area contributed by atoms with Gasteiger partial charge < -0.3 is 19.5 Å². The average Bonchev–Trinajstić information content (AvgIpc) is 2.73. The Kier molecular flexibility index (Phi) is 6.36. The highest BCUT2D eigenvalue weighted by atomic mass is 35.5. The minimum Gasteiger partial charge on any atom is -0.495 e. The van der Waals surface area contributed by atoms with E-state index >= 15 is 0 Å². The Morgan fingerprint density at radius 3 is 2.90 bits per heavy atom. The Hall–Kier alpha value is -2.03. The molecule has 1 amide bonds. The van der Waals surface area contributed by atoms with Gasteiger partial charge in [0, 0.05) is 43.0 Å². The number of halogens is 1. The summed E-state index contributed by atoms with van der Waals surface area (Å²) in [6.07, 6.45) is 1.08. The van der Waals surface area contributed by atoms with Gasteiger partial charge in [0.1, 0.15) is 10.1 Å². The van der Waals surface area contributed by atoms with Gasteiger partial charge in [-0.15, -0.1) is 0 Å². The second-order valence-corrected chi connectivity index (χ2v) is 9.57. The summed E-state index contributed by atoms with van der Waals surface area (Å²) in [6, 6.07) is 10.6. The number of pyridine rings is 1. The van der Waals surface area contributed by atoms with Crippen molar-refractivity contribution in [3.63, 3.8) is 0 Å². The van der Waals surface area contributed by atoms with Gasteiger partial charge in [0.15, 0.2) is 0 Å². The maximum absolute atomic E-state index is 12.3. The van der Waals surface area contributed by atoms with Crippen molar-refractivity contribution in [1.82, 2.24) is 9.47 Å². The number of hydrogen-bond acceptors (Lipinski definition) is 5. The molecule has 1 fully saturated rings. The maximum atomic E-state index is 12.3. The first-order valence-corrected chi connectivity index (χ1v) is 11.5. The summed E-state index contributed by atoms with van der Waals surface area (Å²) in [4.78, 5) is 26.7. The lowest BCUT2D eigenvalue weighted by atomic mass is 9.83. The van der Waals surface area contributed by atoms with Crippen LogP contribution in [0.15, 0.2) is 41.2 Å². The van der Waals surface area contributed by atoms with Crippen LogP contribution >= 0.6 is 35.6 Å². The number of amides is 1. The minimum atomic E-state index is -0.141. The van der Waals surface area contributed by atoms with E-state index < -0.39 is 0 Å². The number of nitrogens with one attached hydrogen (secondary N) is 1. The molecule has 2 bridgehead atoms. The summed E-state index contributed by atoms with van der Waals surface area (Å²) < 4.78 is 7.74. The van der Waals surface area contributed by atoms with E-state index in [9.17, 15) is 9.59 Å². The van der Waals surface area contributed by atoms with E-state index in [2.05, 4.69) is 10.2 Å². The van der Waals surface area contributed by atoms with E-state index in [-0.39, 0.29) is 17.2 Å². The van der Waals surface area contributed by atoms with E-state index in [0.29, 0.717) is 28.3 Å². The third-order valence-corrected chi connectivity index (χ3v) is 7.32. The molecule has 0 spiro atoms. The molecule has 1 aromatic heterocycles. The Balaban J connectivity index is 1.33. The van der Waals surface area contributed by atoms with Crippen LogP contribution in [0.3, 0.4) is 0 Å². The van der Waals surface area contributed by atoms with Crippen molar-refractivity contribution < 1.29 is 9.53 Å². The first-order valence-electron chi connectivity index (χ1n) is 9.69. The molecular formula is C21H22ClN3O3S2. The van der Waals surface area contributed by atoms with Gasteiger partial charge in [-0.1, -0.05) is 41.6 Å². The van der Waals surface area contributed by atoms with Crippen LogP contribution in [0.2, 0.25) is 5.02 Å². The maximum Gasteiger partial charge on any atom is 0.250 e. The lowest BCUT2D eigenvalue weighted by molar-refractivity contribution is -0.113. The van der Waals surface area contributed by atoms with Crippen molar-refractivity contribution in [3.8, 4) is 5.75 Å². The number of anilines is 1. The van der Waals surface area contributed by atoms with Crippen LogP contribution in [-0.4, -0.2) is 45.6 Å². The van der Waals surface area contributed by atoms with E-state index in [1.54, 1.807) is 31.4 Å². The molecule has 0 radical (unpaired) electrons. The van der Waals surface area contributed by atoms with Gasteiger partial charge in [-0.05, 0) is 36.6 Å². The Labute approximate surface area is 189 Å². The minimum absolute atomic E-state index is 0.0721. The van der Waals surface area contributed by atoms with Crippen LogP contribution in [0.25, 0.3) is 0 Å². The lowest BCUT2D eigenvalue weighted by Gasteiger charge is -2.43. The molecule has 2 aliphatic rings. The SMILES string of the molecule is COc1ccc(NC(=O)CSC(=S)N2C[C@@H]3C[C@H](C2)c2cccc(=O)n2C3)cc1Cl. The van der Waals surface area contributed by atoms with Crippen molar-refractivity contribution in [1.29, 1.82) is 0 Å². The molecule has 4 rings (SSSR count). The van der Waals surface area contributed by atoms with Crippen molar-refractivity contribution in [2.75, 3.05) is 31.3 Å². The first-order chi connectivity index (χ1) is 14.4. The highest BCUT2D eigenvalue weighted by Gasteiger charge is 2.35. The summed E-state index contributed by atoms with van der Waals surface area (Å²) in [5.74, 6) is 1.33. The number of thioether (sulfide) groups is 1. The third-order valence-electron chi connectivity index (χ3n) is 5.50. The van der Waals surface area contributed by atoms with Gasteiger partial charge in [0.25, 0.3) is 5.56 Å². The molecule has 1 saturated heterocycles. The number of aromatic nitrogens is 1. The molecule has 2 aliphatic heterocycles. The second-order valence-electron chi connectivity index (χ2n) is 7.56. The normalized spacial score (nSPS) is 19.7. The Morgan fingerprint density at radius 1 is 1.30 bits per heavy atom. The number of benzene rings is 1. The van der Waals surface area contributed by atoms with Gasteiger partial charge in [0.2, 0.25) is 5.91 Å². The number of methoxy groups -OCH3 is 1. The summed E-state index contributed by atoms with van der Waals surface area (Å²) in [5, 5.41) is 3.28. The zero-order valence-electron chi connectivity index (χ0n) is 16.5. The average molecular weight is 464 g/mol. The predicted octanol–water partition coefficient (Wildman–Crippen LogP) is 3.59. The van der Waals surface area contributed by atoms with E-state index in [0.717, 1.165) is 36.1 Å². The summed E-state index contributed by atoms with van der Waals surface area (Å²) >= 11 is 13.1. The summed E-state index contributed by atoms with van der Waals surface area (Å²) in [7, 11) is 1.54.